The second-order valence-corrected chi connectivity index (χ2v) is 10.2. The molecule has 6 nitrogen and oxygen atoms in total. The SMILES string of the molecule is CC(C)(C)OC(=O)N1CCC(c2cccc(B3OC(C)(C)C(C)(C)O3)c2N)CC1. The molecule has 0 spiro atoms. The van der Waals surface area contributed by atoms with E-state index in [0.29, 0.717) is 19.0 Å². The van der Waals surface area contributed by atoms with Gasteiger partial charge in [-0.3, -0.25) is 0 Å². The Morgan fingerprint density at radius 1 is 1.14 bits per heavy atom. The molecule has 0 aliphatic carbocycles. The van der Waals surface area contributed by atoms with Crippen molar-refractivity contribution in [2.24, 2.45) is 0 Å². The number of benzene rings is 1. The third kappa shape index (κ3) is 4.56. The first-order chi connectivity index (χ1) is 13.3. The summed E-state index contributed by atoms with van der Waals surface area (Å²) < 4.78 is 17.9. The van der Waals surface area contributed by atoms with E-state index < -0.39 is 23.9 Å². The Kier molecular flexibility index (Phi) is 5.69. The van der Waals surface area contributed by atoms with Gasteiger partial charge < -0.3 is 24.7 Å². The smallest absolute Gasteiger partial charge is 0.444 e. The third-order valence-corrected chi connectivity index (χ3v) is 6.27. The lowest BCUT2D eigenvalue weighted by molar-refractivity contribution is 0.00578. The number of nitrogens with two attached hydrogens (primary N) is 1. The number of likely N-dealkylation sites (tertiary alicyclic amines) is 1. The fraction of sp³-hybridized carbons (Fsp3) is 0.682. The number of nitrogens with zero attached hydrogens (tertiary/aromatic N) is 1. The van der Waals surface area contributed by atoms with Gasteiger partial charge in [-0.15, -0.1) is 0 Å². The van der Waals surface area contributed by atoms with Gasteiger partial charge in [-0.2, -0.15) is 0 Å². The van der Waals surface area contributed by atoms with Crippen molar-refractivity contribution in [2.75, 3.05) is 18.8 Å². The minimum atomic E-state index is -0.477. The van der Waals surface area contributed by atoms with E-state index in [-0.39, 0.29) is 6.09 Å². The number of rotatable bonds is 2. The average Bonchev–Trinajstić information content (AvgIpc) is 2.81. The van der Waals surface area contributed by atoms with Crippen LogP contribution in [0.25, 0.3) is 0 Å². The molecule has 160 valence electrons. The van der Waals surface area contributed by atoms with Gasteiger partial charge in [0.05, 0.1) is 11.2 Å². The van der Waals surface area contributed by atoms with Crippen molar-refractivity contribution in [2.45, 2.75) is 84.0 Å². The maximum atomic E-state index is 12.3. The van der Waals surface area contributed by atoms with Crippen LogP contribution < -0.4 is 11.2 Å². The maximum Gasteiger partial charge on any atom is 0.496 e. The molecule has 2 aliphatic heterocycles. The molecular weight excluding hydrogens is 367 g/mol. The number of nitrogen functional groups attached to an aromatic ring is 1. The standard InChI is InChI=1S/C22H35BN2O4/c1-20(2,3)27-19(26)25-13-11-15(12-14-25)16-9-8-10-17(18(16)24)23-28-21(4,5)22(6,7)29-23/h8-10,15H,11-14,24H2,1-7H3. The molecule has 0 aromatic heterocycles. The van der Waals surface area contributed by atoms with E-state index in [1.54, 1.807) is 4.90 Å². The Bertz CT molecular complexity index is 749. The Labute approximate surface area is 175 Å². The minimum Gasteiger partial charge on any atom is -0.444 e. The van der Waals surface area contributed by atoms with E-state index in [2.05, 4.69) is 6.07 Å². The largest absolute Gasteiger partial charge is 0.496 e. The van der Waals surface area contributed by atoms with Crippen LogP contribution in [0.3, 0.4) is 0 Å². The average molecular weight is 402 g/mol. The van der Waals surface area contributed by atoms with E-state index in [1.807, 2.05) is 60.6 Å². The van der Waals surface area contributed by atoms with E-state index in [0.717, 1.165) is 29.6 Å². The van der Waals surface area contributed by atoms with E-state index in [1.165, 1.54) is 0 Å². The zero-order chi connectivity index (χ0) is 21.6. The number of piperidine rings is 1. The fourth-order valence-electron chi connectivity index (χ4n) is 3.83. The lowest BCUT2D eigenvalue weighted by Gasteiger charge is -2.34. The number of hydrogen-bond donors (Lipinski definition) is 1. The molecule has 0 radical (unpaired) electrons. The molecule has 1 aromatic rings. The van der Waals surface area contributed by atoms with E-state index in [9.17, 15) is 4.79 Å². The second-order valence-electron chi connectivity index (χ2n) is 10.2. The molecule has 29 heavy (non-hydrogen) atoms. The van der Waals surface area contributed by atoms with Crippen LogP contribution in [-0.4, -0.2) is 48.0 Å². The quantitative estimate of drug-likeness (QED) is 0.604. The van der Waals surface area contributed by atoms with Crippen LogP contribution in [0.2, 0.25) is 0 Å². The van der Waals surface area contributed by atoms with Gasteiger partial charge in [0.2, 0.25) is 0 Å². The van der Waals surface area contributed by atoms with Crippen LogP contribution in [0.1, 0.15) is 72.8 Å². The van der Waals surface area contributed by atoms with Crippen molar-refractivity contribution in [1.82, 2.24) is 4.90 Å². The highest BCUT2D eigenvalue weighted by molar-refractivity contribution is 6.64. The number of anilines is 1. The topological polar surface area (TPSA) is 74.0 Å². The van der Waals surface area contributed by atoms with Crippen LogP contribution in [0, 0.1) is 0 Å². The zero-order valence-corrected chi connectivity index (χ0v) is 18.9. The first kappa shape index (κ1) is 22.0. The monoisotopic (exact) mass is 402 g/mol. The molecule has 3 rings (SSSR count). The van der Waals surface area contributed by atoms with Crippen molar-refractivity contribution in [1.29, 1.82) is 0 Å². The number of carbonyl (C=O) groups is 1. The van der Waals surface area contributed by atoms with Gasteiger partial charge in [0.25, 0.3) is 0 Å². The molecule has 0 saturated carbocycles. The number of ether oxygens (including phenoxy) is 1. The summed E-state index contributed by atoms with van der Waals surface area (Å²) >= 11 is 0. The van der Waals surface area contributed by atoms with Crippen LogP contribution >= 0.6 is 0 Å². The van der Waals surface area contributed by atoms with Gasteiger partial charge >= 0.3 is 13.2 Å². The summed E-state index contributed by atoms with van der Waals surface area (Å²) in [5.74, 6) is 0.302. The molecule has 2 saturated heterocycles. The number of carbonyl (C=O) groups excluding carboxylic acids is 1. The lowest BCUT2D eigenvalue weighted by atomic mass is 9.75. The zero-order valence-electron chi connectivity index (χ0n) is 18.9. The summed E-state index contributed by atoms with van der Waals surface area (Å²) in [6.07, 6.45) is 1.47. The number of hydrogen-bond acceptors (Lipinski definition) is 5. The van der Waals surface area contributed by atoms with Gasteiger partial charge in [-0.1, -0.05) is 18.2 Å². The highest BCUT2D eigenvalue weighted by Gasteiger charge is 2.52. The highest BCUT2D eigenvalue weighted by atomic mass is 16.7. The number of para-hydroxylation sites is 1. The van der Waals surface area contributed by atoms with Crippen molar-refractivity contribution < 1.29 is 18.8 Å². The molecule has 0 unspecified atom stereocenters. The number of amides is 1. The Hall–Kier alpha value is -1.73. The van der Waals surface area contributed by atoms with Crippen molar-refractivity contribution >= 4 is 24.4 Å². The van der Waals surface area contributed by atoms with Crippen molar-refractivity contribution in [3.63, 3.8) is 0 Å². The summed E-state index contributed by atoms with van der Waals surface area (Å²) in [6, 6.07) is 6.08. The summed E-state index contributed by atoms with van der Waals surface area (Å²) in [6.45, 7) is 15.2. The summed E-state index contributed by atoms with van der Waals surface area (Å²) in [5, 5.41) is 0. The molecule has 2 heterocycles. The van der Waals surface area contributed by atoms with Crippen LogP contribution in [0.4, 0.5) is 10.5 Å². The molecule has 1 amide bonds. The molecule has 1 aromatic carbocycles. The maximum absolute atomic E-state index is 12.3. The van der Waals surface area contributed by atoms with Gasteiger partial charge in [-0.05, 0) is 72.8 Å². The lowest BCUT2D eigenvalue weighted by Crippen LogP contribution is -2.42. The summed E-state index contributed by atoms with van der Waals surface area (Å²) in [4.78, 5) is 14.1. The van der Waals surface area contributed by atoms with Crippen molar-refractivity contribution in [3.8, 4) is 0 Å². The molecule has 0 bridgehead atoms. The van der Waals surface area contributed by atoms with Gasteiger partial charge in [0.15, 0.2) is 0 Å². The van der Waals surface area contributed by atoms with Crippen molar-refractivity contribution in [3.05, 3.63) is 23.8 Å². The molecule has 2 aliphatic rings. The fourth-order valence-corrected chi connectivity index (χ4v) is 3.83. The van der Waals surface area contributed by atoms with Crippen LogP contribution in [0.5, 0.6) is 0 Å². The Morgan fingerprint density at radius 2 is 1.69 bits per heavy atom. The Morgan fingerprint density at radius 3 is 2.21 bits per heavy atom. The van der Waals surface area contributed by atoms with E-state index >= 15 is 0 Å². The molecule has 7 heteroatoms. The third-order valence-electron chi connectivity index (χ3n) is 6.27. The van der Waals surface area contributed by atoms with Gasteiger partial charge in [0, 0.05) is 24.2 Å². The highest BCUT2D eigenvalue weighted by Crippen LogP contribution is 2.38. The van der Waals surface area contributed by atoms with Crippen LogP contribution in [-0.2, 0) is 14.0 Å². The molecule has 2 N–H and O–H groups in total. The molecule has 2 fully saturated rings. The molecular formula is C22H35BN2O4. The summed E-state index contributed by atoms with van der Waals surface area (Å²) in [5.41, 5.74) is 8.03. The van der Waals surface area contributed by atoms with Gasteiger partial charge in [-0.25, -0.2) is 4.79 Å². The predicted molar refractivity (Wildman–Crippen MR) is 116 cm³/mol. The van der Waals surface area contributed by atoms with Crippen LogP contribution in [0.15, 0.2) is 18.2 Å². The predicted octanol–water partition coefficient (Wildman–Crippen LogP) is 3.68. The van der Waals surface area contributed by atoms with E-state index in [4.69, 9.17) is 19.8 Å². The first-order valence-electron chi connectivity index (χ1n) is 10.5. The normalized spacial score (nSPS) is 22.0. The first-order valence-corrected chi connectivity index (χ1v) is 10.5. The minimum absolute atomic E-state index is 0.241. The molecule has 0 atom stereocenters. The summed E-state index contributed by atoms with van der Waals surface area (Å²) in [7, 11) is -0.471. The van der Waals surface area contributed by atoms with Gasteiger partial charge in [0.1, 0.15) is 5.60 Å². The Balaban J connectivity index is 1.71. The second kappa shape index (κ2) is 7.51.